The predicted octanol–water partition coefficient (Wildman–Crippen LogP) is 3.46. The Morgan fingerprint density at radius 2 is 1.88 bits per heavy atom. The minimum atomic E-state index is -0.203. The number of nitrogens with one attached hydrogen (secondary N) is 1. The van der Waals surface area contributed by atoms with Gasteiger partial charge in [0.05, 0.1) is 17.7 Å². The number of hydrogen-bond donors (Lipinski definition) is 1. The van der Waals surface area contributed by atoms with E-state index in [9.17, 15) is 4.79 Å². The number of carbonyl (C=O) groups excluding carboxylic acids is 1. The lowest BCUT2D eigenvalue weighted by Gasteiger charge is -2.25. The molecule has 0 aliphatic carbocycles. The number of fused-ring (bicyclic) bond motifs is 1. The number of hydrogen-bond acceptors (Lipinski definition) is 4. The minimum absolute atomic E-state index is 0.172. The van der Waals surface area contributed by atoms with E-state index in [1.807, 2.05) is 32.0 Å². The maximum Gasteiger partial charge on any atom is 0.251 e. The first-order valence-electron chi connectivity index (χ1n) is 8.29. The molecule has 1 heterocycles. The van der Waals surface area contributed by atoms with E-state index < -0.39 is 0 Å². The van der Waals surface area contributed by atoms with Crippen molar-refractivity contribution >= 4 is 5.91 Å². The van der Waals surface area contributed by atoms with Crippen molar-refractivity contribution in [3.63, 3.8) is 0 Å². The van der Waals surface area contributed by atoms with Crippen LogP contribution < -0.4 is 14.8 Å². The van der Waals surface area contributed by atoms with E-state index in [4.69, 9.17) is 14.7 Å². The quantitative estimate of drug-likeness (QED) is 0.928. The Kier molecular flexibility index (Phi) is 4.90. The topological polar surface area (TPSA) is 71.4 Å². The first-order chi connectivity index (χ1) is 12.1. The Hall–Kier alpha value is -3.00. The second-order valence-corrected chi connectivity index (χ2v) is 6.29. The first-order valence-corrected chi connectivity index (χ1v) is 8.29. The zero-order chi connectivity index (χ0) is 17.8. The van der Waals surface area contributed by atoms with Gasteiger partial charge in [0.2, 0.25) is 0 Å². The molecule has 0 saturated heterocycles. The van der Waals surface area contributed by atoms with Crippen LogP contribution in [0.2, 0.25) is 0 Å². The zero-order valence-corrected chi connectivity index (χ0v) is 14.3. The zero-order valence-electron chi connectivity index (χ0n) is 14.3. The van der Waals surface area contributed by atoms with Crippen molar-refractivity contribution in [1.82, 2.24) is 5.32 Å². The predicted molar refractivity (Wildman–Crippen MR) is 93.6 cm³/mol. The average Bonchev–Trinajstić information content (AvgIpc) is 2.65. The maximum atomic E-state index is 12.6. The summed E-state index contributed by atoms with van der Waals surface area (Å²) in [5.41, 5.74) is 1.90. The number of amides is 1. The van der Waals surface area contributed by atoms with E-state index in [2.05, 4.69) is 11.4 Å². The van der Waals surface area contributed by atoms with Crippen LogP contribution in [0.4, 0.5) is 0 Å². The fourth-order valence-electron chi connectivity index (χ4n) is 2.84. The lowest BCUT2D eigenvalue weighted by Crippen LogP contribution is -2.32. The highest BCUT2D eigenvalue weighted by Gasteiger charge is 2.22. The fraction of sp³-hybridized carbons (Fsp3) is 0.300. The molecule has 0 fully saturated rings. The molecule has 5 nitrogen and oxygen atoms in total. The number of benzene rings is 2. The summed E-state index contributed by atoms with van der Waals surface area (Å²) in [5, 5.41) is 12.1. The van der Waals surface area contributed by atoms with Gasteiger partial charge in [0.25, 0.3) is 5.91 Å². The Morgan fingerprint density at radius 1 is 1.12 bits per heavy atom. The largest absolute Gasteiger partial charge is 0.486 e. The van der Waals surface area contributed by atoms with Gasteiger partial charge >= 0.3 is 0 Å². The van der Waals surface area contributed by atoms with E-state index in [0.717, 1.165) is 11.3 Å². The Bertz CT molecular complexity index is 824. The molecule has 1 amide bonds. The van der Waals surface area contributed by atoms with Crippen LogP contribution in [-0.4, -0.2) is 19.1 Å². The smallest absolute Gasteiger partial charge is 0.251 e. The van der Waals surface area contributed by atoms with Crippen molar-refractivity contribution in [1.29, 1.82) is 5.26 Å². The molecule has 2 aromatic rings. The molecule has 0 unspecified atom stereocenters. The molecular weight excluding hydrogens is 316 g/mol. The van der Waals surface area contributed by atoms with Gasteiger partial charge in [-0.25, -0.2) is 0 Å². The molecule has 25 heavy (non-hydrogen) atoms. The standard InChI is InChI=1S/C20H20N2O3/c1-13(2)19(15-6-7-17-18(11-15)25-9-8-24-17)22-20(23)16-5-3-4-14(10-16)12-21/h3-7,10-11,13,19H,8-9H2,1-2H3,(H,22,23)/t19-/m1/s1. The van der Waals surface area contributed by atoms with Gasteiger partial charge in [-0.05, 0) is 41.8 Å². The van der Waals surface area contributed by atoms with E-state index in [1.165, 1.54) is 0 Å². The molecule has 1 aliphatic rings. The van der Waals surface area contributed by atoms with Crippen LogP contribution in [0.3, 0.4) is 0 Å². The molecule has 0 radical (unpaired) electrons. The van der Waals surface area contributed by atoms with Crippen LogP contribution in [0.1, 0.15) is 41.4 Å². The average molecular weight is 336 g/mol. The third-order valence-electron chi connectivity index (χ3n) is 4.13. The van der Waals surface area contributed by atoms with Gasteiger partial charge in [0.1, 0.15) is 13.2 Å². The van der Waals surface area contributed by atoms with E-state index >= 15 is 0 Å². The van der Waals surface area contributed by atoms with Gasteiger partial charge in [0, 0.05) is 5.56 Å². The van der Waals surface area contributed by atoms with Gasteiger partial charge in [-0.2, -0.15) is 5.26 Å². The summed E-state index contributed by atoms with van der Waals surface area (Å²) in [6.07, 6.45) is 0. The van der Waals surface area contributed by atoms with Crippen LogP contribution in [0, 0.1) is 17.2 Å². The molecule has 128 valence electrons. The summed E-state index contributed by atoms with van der Waals surface area (Å²) in [7, 11) is 0. The lowest BCUT2D eigenvalue weighted by atomic mass is 9.95. The van der Waals surface area contributed by atoms with Crippen molar-refractivity contribution in [2.75, 3.05) is 13.2 Å². The van der Waals surface area contributed by atoms with Gasteiger partial charge in [-0.1, -0.05) is 26.0 Å². The number of nitriles is 1. The molecule has 1 N–H and O–H groups in total. The Balaban J connectivity index is 1.84. The highest BCUT2D eigenvalue weighted by atomic mass is 16.6. The van der Waals surface area contributed by atoms with Crippen LogP contribution in [0.15, 0.2) is 42.5 Å². The maximum absolute atomic E-state index is 12.6. The van der Waals surface area contributed by atoms with E-state index in [-0.39, 0.29) is 17.9 Å². The van der Waals surface area contributed by atoms with Gasteiger partial charge < -0.3 is 14.8 Å². The molecule has 0 spiro atoms. The Morgan fingerprint density at radius 3 is 2.60 bits per heavy atom. The Labute approximate surface area is 147 Å². The van der Waals surface area contributed by atoms with Crippen molar-refractivity contribution in [3.8, 4) is 17.6 Å². The molecule has 3 rings (SSSR count). The van der Waals surface area contributed by atoms with E-state index in [0.29, 0.717) is 30.1 Å². The molecule has 0 bridgehead atoms. The third-order valence-corrected chi connectivity index (χ3v) is 4.13. The summed E-state index contributed by atoms with van der Waals surface area (Å²) < 4.78 is 11.2. The van der Waals surface area contributed by atoms with Gasteiger partial charge in [-0.15, -0.1) is 0 Å². The van der Waals surface area contributed by atoms with Crippen LogP contribution in [-0.2, 0) is 0 Å². The molecule has 2 aromatic carbocycles. The van der Waals surface area contributed by atoms with Crippen molar-refractivity contribution in [2.24, 2.45) is 5.92 Å². The molecular formula is C20H20N2O3. The van der Waals surface area contributed by atoms with Crippen molar-refractivity contribution in [3.05, 3.63) is 59.2 Å². The highest BCUT2D eigenvalue weighted by Crippen LogP contribution is 2.34. The number of ether oxygens (including phenoxy) is 2. The lowest BCUT2D eigenvalue weighted by molar-refractivity contribution is 0.0925. The van der Waals surface area contributed by atoms with E-state index in [1.54, 1.807) is 24.3 Å². The summed E-state index contributed by atoms with van der Waals surface area (Å²) in [5.74, 6) is 1.41. The highest BCUT2D eigenvalue weighted by molar-refractivity contribution is 5.94. The summed E-state index contributed by atoms with van der Waals surface area (Å²) in [6.45, 7) is 5.17. The van der Waals surface area contributed by atoms with Gasteiger partial charge in [-0.3, -0.25) is 4.79 Å². The molecule has 0 saturated carbocycles. The molecule has 0 aromatic heterocycles. The summed E-state index contributed by atoms with van der Waals surface area (Å²) in [6, 6.07) is 14.3. The van der Waals surface area contributed by atoms with Crippen LogP contribution in [0.5, 0.6) is 11.5 Å². The number of carbonyl (C=O) groups is 1. The molecule has 5 heteroatoms. The monoisotopic (exact) mass is 336 g/mol. The summed E-state index contributed by atoms with van der Waals surface area (Å²) in [4.78, 5) is 12.6. The van der Waals surface area contributed by atoms with Gasteiger partial charge in [0.15, 0.2) is 11.5 Å². The van der Waals surface area contributed by atoms with Crippen molar-refractivity contribution < 1.29 is 14.3 Å². The van der Waals surface area contributed by atoms with Crippen molar-refractivity contribution in [2.45, 2.75) is 19.9 Å². The number of nitrogens with zero attached hydrogens (tertiary/aromatic N) is 1. The first kappa shape index (κ1) is 16.8. The van der Waals surface area contributed by atoms with Crippen LogP contribution in [0.25, 0.3) is 0 Å². The fourth-order valence-corrected chi connectivity index (χ4v) is 2.84. The van der Waals surface area contributed by atoms with Crippen LogP contribution >= 0.6 is 0 Å². The molecule has 1 aliphatic heterocycles. The molecule has 1 atom stereocenters. The summed E-state index contributed by atoms with van der Waals surface area (Å²) >= 11 is 0. The normalized spacial score (nSPS) is 13.8. The third kappa shape index (κ3) is 3.74. The second kappa shape index (κ2) is 7.27. The second-order valence-electron chi connectivity index (χ2n) is 6.29. The SMILES string of the molecule is CC(C)[C@@H](NC(=O)c1cccc(C#N)c1)c1ccc2c(c1)OCCO2. The minimum Gasteiger partial charge on any atom is -0.486 e. The number of rotatable bonds is 4.